The smallest absolute Gasteiger partial charge is 0.0608 e. The first-order valence-electron chi connectivity index (χ1n) is 5.95. The molecule has 3 heteroatoms. The summed E-state index contributed by atoms with van der Waals surface area (Å²) in [7, 11) is 0. The van der Waals surface area contributed by atoms with E-state index in [2.05, 4.69) is 13.8 Å². The fourth-order valence-electron chi connectivity index (χ4n) is 1.23. The highest BCUT2D eigenvalue weighted by Crippen LogP contribution is 2.14. The maximum Gasteiger partial charge on any atom is 0.0608 e. The van der Waals surface area contributed by atoms with E-state index in [0.29, 0.717) is 0 Å². The van der Waals surface area contributed by atoms with E-state index in [1.807, 2.05) is 18.7 Å². The Morgan fingerprint density at radius 3 is 2.47 bits per heavy atom. The minimum absolute atomic E-state index is 0.0908. The monoisotopic (exact) mass is 233 g/mol. The van der Waals surface area contributed by atoms with Crippen LogP contribution in [-0.4, -0.2) is 28.8 Å². The third-order valence-corrected chi connectivity index (χ3v) is 3.59. The second-order valence-electron chi connectivity index (χ2n) is 5.06. The fraction of sp³-hybridized carbons (Fsp3) is 1.00. The molecule has 0 fully saturated rings. The molecule has 15 heavy (non-hydrogen) atoms. The number of rotatable bonds is 9. The lowest BCUT2D eigenvalue weighted by Crippen LogP contribution is -2.39. The molecule has 0 saturated carbocycles. The molecule has 0 aliphatic heterocycles. The Morgan fingerprint density at radius 2 is 1.93 bits per heavy atom. The van der Waals surface area contributed by atoms with Crippen LogP contribution in [-0.2, 0) is 0 Å². The average Bonchev–Trinajstić information content (AvgIpc) is 2.16. The van der Waals surface area contributed by atoms with E-state index in [0.717, 1.165) is 18.8 Å². The number of aliphatic hydroxyl groups excluding tert-OH is 1. The first-order chi connectivity index (χ1) is 6.98. The van der Waals surface area contributed by atoms with Gasteiger partial charge >= 0.3 is 0 Å². The van der Waals surface area contributed by atoms with Crippen molar-refractivity contribution in [2.45, 2.75) is 52.0 Å². The first kappa shape index (κ1) is 15.3. The van der Waals surface area contributed by atoms with Crippen molar-refractivity contribution in [2.75, 3.05) is 18.1 Å². The molecule has 0 rings (SSSR count). The van der Waals surface area contributed by atoms with Gasteiger partial charge in [-0.25, -0.2) is 0 Å². The van der Waals surface area contributed by atoms with Gasteiger partial charge in [-0.1, -0.05) is 20.3 Å². The fourth-order valence-corrected chi connectivity index (χ4v) is 2.48. The molecule has 0 saturated heterocycles. The van der Waals surface area contributed by atoms with Gasteiger partial charge in [-0.15, -0.1) is 0 Å². The molecule has 0 spiro atoms. The zero-order valence-electron chi connectivity index (χ0n) is 10.5. The van der Waals surface area contributed by atoms with Gasteiger partial charge in [0, 0.05) is 5.54 Å². The van der Waals surface area contributed by atoms with Crippen LogP contribution in [0.1, 0.15) is 46.5 Å². The van der Waals surface area contributed by atoms with Crippen molar-refractivity contribution in [1.82, 2.24) is 0 Å². The Balaban J connectivity index is 3.18. The van der Waals surface area contributed by atoms with E-state index < -0.39 is 0 Å². The lowest BCUT2D eigenvalue weighted by Gasteiger charge is -2.21. The maximum absolute atomic E-state index is 8.97. The molecule has 0 aliphatic carbocycles. The van der Waals surface area contributed by atoms with E-state index in [-0.39, 0.29) is 12.1 Å². The van der Waals surface area contributed by atoms with Crippen molar-refractivity contribution in [2.24, 2.45) is 11.7 Å². The van der Waals surface area contributed by atoms with E-state index >= 15 is 0 Å². The van der Waals surface area contributed by atoms with Crippen molar-refractivity contribution in [1.29, 1.82) is 0 Å². The normalized spacial score (nSPS) is 15.6. The Morgan fingerprint density at radius 1 is 1.27 bits per heavy atom. The molecule has 0 aromatic heterocycles. The number of unbranched alkanes of at least 4 members (excludes halogenated alkanes) is 1. The Labute approximate surface area is 99.0 Å². The molecule has 0 aromatic rings. The predicted octanol–water partition coefficient (Wildman–Crippen LogP) is 2.65. The summed E-state index contributed by atoms with van der Waals surface area (Å²) in [5.74, 6) is 3.32. The van der Waals surface area contributed by atoms with Gasteiger partial charge in [-0.2, -0.15) is 11.8 Å². The molecule has 2 nitrogen and oxygen atoms in total. The van der Waals surface area contributed by atoms with Crippen LogP contribution in [0, 0.1) is 5.92 Å². The van der Waals surface area contributed by atoms with Crippen LogP contribution in [0.15, 0.2) is 0 Å². The molecule has 0 aromatic carbocycles. The molecule has 1 atom stereocenters. The molecule has 3 N–H and O–H groups in total. The van der Waals surface area contributed by atoms with Crippen molar-refractivity contribution in [3.63, 3.8) is 0 Å². The van der Waals surface area contributed by atoms with Gasteiger partial charge in [0.25, 0.3) is 0 Å². The number of thioether (sulfide) groups is 1. The second kappa shape index (κ2) is 8.43. The maximum atomic E-state index is 8.97. The van der Waals surface area contributed by atoms with E-state index in [9.17, 15) is 0 Å². The molecule has 0 aliphatic rings. The van der Waals surface area contributed by atoms with Gasteiger partial charge in [0.2, 0.25) is 0 Å². The van der Waals surface area contributed by atoms with Gasteiger partial charge in [-0.3, -0.25) is 0 Å². The highest BCUT2D eigenvalue weighted by Gasteiger charge is 2.15. The van der Waals surface area contributed by atoms with E-state index in [1.54, 1.807) is 0 Å². The summed E-state index contributed by atoms with van der Waals surface area (Å²) in [6, 6.07) is 0. The van der Waals surface area contributed by atoms with Crippen molar-refractivity contribution in [3.8, 4) is 0 Å². The summed E-state index contributed by atoms with van der Waals surface area (Å²) in [5, 5.41) is 8.97. The Bertz CT molecular complexity index is 149. The topological polar surface area (TPSA) is 46.2 Å². The first-order valence-corrected chi connectivity index (χ1v) is 7.11. The van der Waals surface area contributed by atoms with Crippen LogP contribution in [0.5, 0.6) is 0 Å². The average molecular weight is 233 g/mol. The zero-order valence-corrected chi connectivity index (χ0v) is 11.3. The van der Waals surface area contributed by atoms with Crippen LogP contribution in [0.4, 0.5) is 0 Å². The van der Waals surface area contributed by atoms with E-state index in [4.69, 9.17) is 10.8 Å². The number of hydrogen-bond acceptors (Lipinski definition) is 3. The number of aliphatic hydroxyl groups is 1. The summed E-state index contributed by atoms with van der Waals surface area (Å²) in [6.45, 7) is 6.54. The van der Waals surface area contributed by atoms with Crippen LogP contribution in [0.25, 0.3) is 0 Å². The van der Waals surface area contributed by atoms with Crippen LogP contribution in [0.3, 0.4) is 0 Å². The number of hydrogen-bond donors (Lipinski definition) is 2. The van der Waals surface area contributed by atoms with Crippen LogP contribution >= 0.6 is 11.8 Å². The molecule has 0 amide bonds. The van der Waals surface area contributed by atoms with Crippen molar-refractivity contribution >= 4 is 11.8 Å². The van der Waals surface area contributed by atoms with E-state index in [1.165, 1.54) is 24.3 Å². The van der Waals surface area contributed by atoms with Gasteiger partial charge in [0.05, 0.1) is 6.61 Å². The lowest BCUT2D eigenvalue weighted by atomic mass is 9.98. The highest BCUT2D eigenvalue weighted by molar-refractivity contribution is 7.99. The second-order valence-corrected chi connectivity index (χ2v) is 6.29. The third kappa shape index (κ3) is 10.6. The van der Waals surface area contributed by atoms with Gasteiger partial charge < -0.3 is 10.8 Å². The van der Waals surface area contributed by atoms with Crippen LogP contribution in [0.2, 0.25) is 0 Å². The highest BCUT2D eigenvalue weighted by atomic mass is 32.2. The molecular formula is C12H27NOS. The Kier molecular flexibility index (Phi) is 8.58. The summed E-state index contributed by atoms with van der Waals surface area (Å²) in [5.41, 5.74) is 5.47. The van der Waals surface area contributed by atoms with Crippen molar-refractivity contribution < 1.29 is 5.11 Å². The quantitative estimate of drug-likeness (QED) is 0.602. The SMILES string of the molecule is CC(C)CCSCCCCC(C)(N)CO. The molecule has 0 radical (unpaired) electrons. The summed E-state index contributed by atoms with van der Waals surface area (Å²) in [6.07, 6.45) is 4.59. The van der Waals surface area contributed by atoms with Gasteiger partial charge in [0.15, 0.2) is 0 Å². The summed E-state index contributed by atoms with van der Waals surface area (Å²) in [4.78, 5) is 0. The minimum atomic E-state index is -0.372. The standard InChI is InChI=1S/C12H27NOS/c1-11(2)6-9-15-8-5-4-7-12(3,13)10-14/h11,14H,4-10,13H2,1-3H3. The third-order valence-electron chi connectivity index (χ3n) is 2.49. The lowest BCUT2D eigenvalue weighted by molar-refractivity contribution is 0.198. The number of nitrogens with two attached hydrogens (primary N) is 1. The predicted molar refractivity (Wildman–Crippen MR) is 70.3 cm³/mol. The molecule has 92 valence electrons. The summed E-state index contributed by atoms with van der Waals surface area (Å²) < 4.78 is 0. The summed E-state index contributed by atoms with van der Waals surface area (Å²) >= 11 is 2.04. The molecule has 0 heterocycles. The molecule has 0 bridgehead atoms. The van der Waals surface area contributed by atoms with Gasteiger partial charge in [-0.05, 0) is 43.6 Å². The zero-order chi connectivity index (χ0) is 11.7. The largest absolute Gasteiger partial charge is 0.394 e. The van der Waals surface area contributed by atoms with Crippen molar-refractivity contribution in [3.05, 3.63) is 0 Å². The van der Waals surface area contributed by atoms with Crippen LogP contribution < -0.4 is 5.73 Å². The minimum Gasteiger partial charge on any atom is -0.394 e. The molecule has 1 unspecified atom stereocenters. The Hall–Kier alpha value is 0.270. The van der Waals surface area contributed by atoms with Gasteiger partial charge in [0.1, 0.15) is 0 Å². The molecular weight excluding hydrogens is 206 g/mol.